The van der Waals surface area contributed by atoms with Gasteiger partial charge in [0.1, 0.15) is 29.7 Å². The first-order chi connectivity index (χ1) is 26.5. The van der Waals surface area contributed by atoms with Gasteiger partial charge in [0.15, 0.2) is 12.4 Å². The Morgan fingerprint density at radius 3 is 2.20 bits per heavy atom. The lowest BCUT2D eigenvalue weighted by atomic mass is 9.78. The third kappa shape index (κ3) is 10.7. The minimum Gasteiger partial charge on any atom is -0.479 e. The summed E-state index contributed by atoms with van der Waals surface area (Å²) in [4.78, 5) is 26.8. The van der Waals surface area contributed by atoms with Crippen LogP contribution in [-0.2, 0) is 41.9 Å². The van der Waals surface area contributed by atoms with Crippen LogP contribution in [0, 0.1) is 11.7 Å². The summed E-state index contributed by atoms with van der Waals surface area (Å²) in [5.74, 6) is -2.63. The highest BCUT2D eigenvalue weighted by molar-refractivity contribution is 7.88. The molecule has 2 saturated heterocycles. The van der Waals surface area contributed by atoms with Crippen molar-refractivity contribution in [3.63, 3.8) is 0 Å². The Kier molecular flexibility index (Phi) is 14.4. The van der Waals surface area contributed by atoms with Gasteiger partial charge < -0.3 is 50.1 Å². The number of benzene rings is 3. The molecule has 306 valence electrons. The number of β-lactam (4-membered cyclic amide) rings is 1. The standard InChI is InChI=1S/C39H49FN2O13S/c1-56(52,53)41-20-2-3-23-6-14-28(15-7-23)42-31(29(36(42)48)16-17-30(44)25-10-12-27(40)13-11-25)26-8-4-24(5-9-26)18-19-39(51,21-43)22-54-38-34(47)32(45)33(46)35(55-38)37(49)50/h4-15,29-35,38,41,43-47,51H,2-3,16-22H2,1H3,(H,49,50)/t29?,30-,31+,32-,33-,34+,35?,38+,39?/m0/s1. The Bertz CT molecular complexity index is 1880. The average Bonchev–Trinajstić information content (AvgIpc) is 3.17. The second kappa shape index (κ2) is 18.6. The molecule has 2 fully saturated rings. The summed E-state index contributed by atoms with van der Waals surface area (Å²) in [5.41, 5.74) is 1.88. The Balaban J connectivity index is 1.26. The number of nitrogens with one attached hydrogen (secondary N) is 1. The topological polar surface area (TPSA) is 244 Å². The Morgan fingerprint density at radius 1 is 0.964 bits per heavy atom. The lowest BCUT2D eigenvalue weighted by Gasteiger charge is -2.48. The number of nitrogens with zero attached hydrogens (tertiary/aromatic N) is 1. The molecule has 17 heteroatoms. The monoisotopic (exact) mass is 804 g/mol. The van der Waals surface area contributed by atoms with Crippen LogP contribution >= 0.6 is 0 Å². The SMILES string of the molecule is CS(=O)(=O)NCCCc1ccc(N2C(=O)C(CC[C@H](O)c3ccc(F)cc3)[C@H]2c2ccc(CCC(O)(CO)CO[C@@H]3OC(C(=O)O)[C@@H](O)[C@H](O)[C@H]3O)cc2)cc1. The predicted octanol–water partition coefficient (Wildman–Crippen LogP) is 1.09. The molecule has 3 aromatic rings. The summed E-state index contributed by atoms with van der Waals surface area (Å²) in [6, 6.07) is 19.9. The van der Waals surface area contributed by atoms with Gasteiger partial charge in [-0.1, -0.05) is 48.5 Å². The second-order valence-corrected chi connectivity index (χ2v) is 16.3. The first-order valence-corrected chi connectivity index (χ1v) is 20.2. The fraction of sp³-hybridized carbons (Fsp3) is 0.487. The van der Waals surface area contributed by atoms with Crippen LogP contribution in [0.15, 0.2) is 72.8 Å². The van der Waals surface area contributed by atoms with Gasteiger partial charge in [-0.25, -0.2) is 22.3 Å². The van der Waals surface area contributed by atoms with Crippen LogP contribution < -0.4 is 9.62 Å². The molecule has 0 bridgehead atoms. The zero-order valence-corrected chi connectivity index (χ0v) is 31.5. The number of hydrogen-bond donors (Lipinski definition) is 8. The molecular formula is C39H49FN2O13S. The maximum Gasteiger partial charge on any atom is 0.335 e. The van der Waals surface area contributed by atoms with E-state index >= 15 is 0 Å². The lowest BCUT2D eigenvalue weighted by molar-refractivity contribution is -0.303. The van der Waals surface area contributed by atoms with Gasteiger partial charge in [0.05, 0.1) is 37.5 Å². The van der Waals surface area contributed by atoms with Crippen molar-refractivity contribution in [2.45, 2.75) is 87.0 Å². The van der Waals surface area contributed by atoms with Crippen LogP contribution in [0.25, 0.3) is 0 Å². The number of carboxylic acids is 1. The number of amides is 1. The number of halogens is 1. The molecule has 56 heavy (non-hydrogen) atoms. The highest BCUT2D eigenvalue weighted by Gasteiger charge is 2.49. The number of aliphatic hydroxyl groups excluding tert-OH is 5. The van der Waals surface area contributed by atoms with E-state index in [1.807, 2.05) is 48.5 Å². The van der Waals surface area contributed by atoms with E-state index in [0.717, 1.165) is 22.9 Å². The molecule has 0 spiro atoms. The van der Waals surface area contributed by atoms with Gasteiger partial charge in [-0.15, -0.1) is 0 Å². The molecular weight excluding hydrogens is 755 g/mol. The number of sulfonamides is 1. The highest BCUT2D eigenvalue weighted by atomic mass is 32.2. The van der Waals surface area contributed by atoms with Gasteiger partial charge >= 0.3 is 5.97 Å². The minimum absolute atomic E-state index is 0.0339. The molecule has 8 N–H and O–H groups in total. The van der Waals surface area contributed by atoms with Crippen LogP contribution in [0.3, 0.4) is 0 Å². The minimum atomic E-state index is -3.28. The largest absolute Gasteiger partial charge is 0.479 e. The number of carbonyl (C=O) groups is 2. The zero-order valence-electron chi connectivity index (χ0n) is 30.7. The number of rotatable bonds is 19. The summed E-state index contributed by atoms with van der Waals surface area (Å²) < 4.78 is 49.1. The third-order valence-electron chi connectivity index (χ3n) is 10.3. The van der Waals surface area contributed by atoms with Crippen molar-refractivity contribution < 1.29 is 67.6 Å². The van der Waals surface area contributed by atoms with E-state index in [2.05, 4.69) is 4.72 Å². The summed E-state index contributed by atoms with van der Waals surface area (Å²) in [5, 5.41) is 71.4. The van der Waals surface area contributed by atoms with Crippen LogP contribution in [0.2, 0.25) is 0 Å². The average molecular weight is 805 g/mol. The van der Waals surface area contributed by atoms with E-state index in [4.69, 9.17) is 9.47 Å². The van der Waals surface area contributed by atoms with Crippen molar-refractivity contribution in [3.8, 4) is 0 Å². The van der Waals surface area contributed by atoms with E-state index in [9.17, 15) is 58.1 Å². The van der Waals surface area contributed by atoms with Crippen molar-refractivity contribution in [1.82, 2.24) is 4.72 Å². The predicted molar refractivity (Wildman–Crippen MR) is 199 cm³/mol. The molecule has 2 aliphatic heterocycles. The number of carboxylic acid groups (broad SMARTS) is 1. The van der Waals surface area contributed by atoms with Crippen LogP contribution in [0.1, 0.15) is 60.1 Å². The Morgan fingerprint density at radius 2 is 1.59 bits per heavy atom. The normalized spacial score (nSPS) is 25.7. The van der Waals surface area contributed by atoms with Crippen molar-refractivity contribution in [3.05, 3.63) is 101 Å². The fourth-order valence-electron chi connectivity index (χ4n) is 6.94. The molecule has 1 amide bonds. The molecule has 3 aromatic carbocycles. The van der Waals surface area contributed by atoms with Gasteiger partial charge in [-0.2, -0.15) is 0 Å². The maximum atomic E-state index is 13.7. The number of aliphatic hydroxyl groups is 6. The molecule has 2 aliphatic rings. The van der Waals surface area contributed by atoms with Crippen LogP contribution in [0.4, 0.5) is 10.1 Å². The van der Waals surface area contributed by atoms with Crippen molar-refractivity contribution in [1.29, 1.82) is 0 Å². The maximum absolute atomic E-state index is 13.7. The molecule has 9 atom stereocenters. The highest BCUT2D eigenvalue weighted by Crippen LogP contribution is 2.46. The van der Waals surface area contributed by atoms with E-state index in [1.165, 1.54) is 24.3 Å². The number of carbonyl (C=O) groups excluding carboxylic acids is 1. The molecule has 5 rings (SSSR count). The van der Waals surface area contributed by atoms with Crippen LogP contribution in [0.5, 0.6) is 0 Å². The van der Waals surface area contributed by atoms with Crippen molar-refractivity contribution >= 4 is 27.6 Å². The first kappa shape index (κ1) is 43.2. The number of aliphatic carboxylic acids is 1. The van der Waals surface area contributed by atoms with Crippen molar-refractivity contribution in [2.24, 2.45) is 5.92 Å². The second-order valence-electron chi connectivity index (χ2n) is 14.5. The first-order valence-electron chi connectivity index (χ1n) is 18.3. The van der Waals surface area contributed by atoms with E-state index in [1.54, 1.807) is 4.90 Å². The summed E-state index contributed by atoms with van der Waals surface area (Å²) in [7, 11) is -3.28. The fourth-order valence-corrected chi connectivity index (χ4v) is 7.46. The van der Waals surface area contributed by atoms with Gasteiger partial charge in [0.2, 0.25) is 15.9 Å². The van der Waals surface area contributed by atoms with Gasteiger partial charge in [0, 0.05) is 12.2 Å². The molecule has 2 heterocycles. The van der Waals surface area contributed by atoms with Gasteiger partial charge in [-0.3, -0.25) is 4.79 Å². The number of ether oxygens (including phenoxy) is 2. The molecule has 3 unspecified atom stereocenters. The molecule has 15 nitrogen and oxygen atoms in total. The summed E-state index contributed by atoms with van der Waals surface area (Å²) in [6.07, 6.45) is -6.99. The van der Waals surface area contributed by atoms with E-state index < -0.39 is 89.4 Å². The number of anilines is 1. The van der Waals surface area contributed by atoms with Crippen molar-refractivity contribution in [2.75, 3.05) is 30.9 Å². The zero-order chi connectivity index (χ0) is 40.8. The lowest BCUT2D eigenvalue weighted by Crippen LogP contribution is -2.61. The molecule has 0 aliphatic carbocycles. The summed E-state index contributed by atoms with van der Waals surface area (Å²) >= 11 is 0. The molecule has 0 saturated carbocycles. The number of hydrogen-bond acceptors (Lipinski definition) is 12. The molecule has 0 radical (unpaired) electrons. The Labute approximate surface area is 324 Å². The van der Waals surface area contributed by atoms with Gasteiger partial charge in [0.25, 0.3) is 0 Å². The van der Waals surface area contributed by atoms with E-state index in [-0.39, 0.29) is 25.2 Å². The van der Waals surface area contributed by atoms with E-state index in [0.29, 0.717) is 37.1 Å². The van der Waals surface area contributed by atoms with Crippen LogP contribution in [-0.4, -0.2) is 118 Å². The quantitative estimate of drug-likeness (QED) is 0.0626. The Hall–Kier alpha value is -3.88. The smallest absolute Gasteiger partial charge is 0.335 e. The molecule has 0 aromatic heterocycles. The third-order valence-corrected chi connectivity index (χ3v) is 11.0. The van der Waals surface area contributed by atoms with Gasteiger partial charge in [-0.05, 0) is 85.0 Å². The summed E-state index contributed by atoms with van der Waals surface area (Å²) in [6.45, 7) is -1.06. The number of aryl methyl sites for hydroxylation is 2.